The van der Waals surface area contributed by atoms with Crippen LogP contribution in [0.5, 0.6) is 5.75 Å². The Balaban J connectivity index is 1.56. The van der Waals surface area contributed by atoms with Gasteiger partial charge in [0.25, 0.3) is 5.91 Å². The first-order chi connectivity index (χ1) is 18.8. The van der Waals surface area contributed by atoms with Crippen LogP contribution in [-0.2, 0) is 13.0 Å². The van der Waals surface area contributed by atoms with Gasteiger partial charge >= 0.3 is 5.97 Å². The molecule has 0 aliphatic heterocycles. The summed E-state index contributed by atoms with van der Waals surface area (Å²) in [5.41, 5.74) is 3.22. The number of carboxylic acid groups (broad SMARTS) is 1. The van der Waals surface area contributed by atoms with Crippen LogP contribution in [-0.4, -0.2) is 35.5 Å². The van der Waals surface area contributed by atoms with Crippen molar-refractivity contribution in [1.29, 1.82) is 0 Å². The van der Waals surface area contributed by atoms with Gasteiger partial charge in [-0.1, -0.05) is 66.2 Å². The quantitative estimate of drug-likeness (QED) is 0.211. The molecule has 39 heavy (non-hydrogen) atoms. The smallest absolute Gasteiger partial charge is 0.336 e. The minimum absolute atomic E-state index is 0.119. The second kappa shape index (κ2) is 12.5. The van der Waals surface area contributed by atoms with E-state index in [0.29, 0.717) is 24.9 Å². The first-order valence-electron chi connectivity index (χ1n) is 12.2. The second-order valence-corrected chi connectivity index (χ2v) is 9.38. The zero-order valence-electron chi connectivity index (χ0n) is 21.2. The Morgan fingerprint density at radius 1 is 0.872 bits per heavy atom. The predicted molar refractivity (Wildman–Crippen MR) is 146 cm³/mol. The maximum Gasteiger partial charge on any atom is 0.336 e. The molecule has 1 N–H and O–H groups in total. The zero-order chi connectivity index (χ0) is 27.9. The average molecular weight is 550 g/mol. The van der Waals surface area contributed by atoms with Gasteiger partial charge in [0.15, 0.2) is 11.6 Å². The number of amides is 1. The minimum atomic E-state index is -1.15. The van der Waals surface area contributed by atoms with Gasteiger partial charge < -0.3 is 14.7 Å². The average Bonchev–Trinajstić information content (AvgIpc) is 2.95. The molecule has 4 rings (SSSR count). The summed E-state index contributed by atoms with van der Waals surface area (Å²) in [6.07, 6.45) is 1.30. The third-order valence-electron chi connectivity index (χ3n) is 6.38. The summed E-state index contributed by atoms with van der Waals surface area (Å²) in [7, 11) is 1.60. The number of benzene rings is 4. The van der Waals surface area contributed by atoms with Gasteiger partial charge in [-0.15, -0.1) is 0 Å². The van der Waals surface area contributed by atoms with E-state index >= 15 is 0 Å². The number of rotatable bonds is 10. The molecule has 0 heterocycles. The van der Waals surface area contributed by atoms with E-state index in [0.717, 1.165) is 34.6 Å². The fraction of sp³-hybridized carbons (Fsp3) is 0.161. The standard InChI is InChI=1S/C31H26ClF2NO4/c1-39-23-14-10-20(11-15-23)5-4-16-35(30(36)26-17-28(33)29(34)18-27(26)32)19-21-8-12-22(13-9-21)24-6-2-3-7-25(24)31(37)38/h2-3,6-15,17-18H,4-5,16,19H2,1H3,(H,37,38). The van der Waals surface area contributed by atoms with E-state index in [1.807, 2.05) is 36.4 Å². The van der Waals surface area contributed by atoms with E-state index in [9.17, 15) is 23.5 Å². The van der Waals surface area contributed by atoms with Crippen molar-refractivity contribution in [2.45, 2.75) is 19.4 Å². The van der Waals surface area contributed by atoms with Crippen molar-refractivity contribution in [2.24, 2.45) is 0 Å². The number of aromatic carboxylic acids is 1. The molecule has 0 bridgehead atoms. The van der Waals surface area contributed by atoms with Gasteiger partial charge in [0.2, 0.25) is 0 Å². The molecule has 0 atom stereocenters. The Kier molecular flexibility index (Phi) is 8.94. The van der Waals surface area contributed by atoms with Crippen molar-refractivity contribution in [3.05, 3.63) is 124 Å². The van der Waals surface area contributed by atoms with Crippen LogP contribution < -0.4 is 4.74 Å². The van der Waals surface area contributed by atoms with Crippen LogP contribution >= 0.6 is 11.6 Å². The summed E-state index contributed by atoms with van der Waals surface area (Å²) in [6, 6.07) is 23.2. The first kappa shape index (κ1) is 27.8. The Bertz CT molecular complexity index is 1470. The molecule has 200 valence electrons. The Morgan fingerprint density at radius 2 is 1.51 bits per heavy atom. The number of ether oxygens (including phenoxy) is 1. The van der Waals surface area contributed by atoms with Gasteiger partial charge in [-0.25, -0.2) is 13.6 Å². The van der Waals surface area contributed by atoms with Crippen molar-refractivity contribution in [3.8, 4) is 16.9 Å². The van der Waals surface area contributed by atoms with Crippen molar-refractivity contribution >= 4 is 23.5 Å². The highest BCUT2D eigenvalue weighted by molar-refractivity contribution is 6.33. The maximum absolute atomic E-state index is 14.0. The van der Waals surface area contributed by atoms with E-state index in [4.69, 9.17) is 16.3 Å². The number of nitrogens with zero attached hydrogens (tertiary/aromatic N) is 1. The molecule has 8 heteroatoms. The van der Waals surface area contributed by atoms with Crippen molar-refractivity contribution in [1.82, 2.24) is 4.90 Å². The largest absolute Gasteiger partial charge is 0.497 e. The monoisotopic (exact) mass is 549 g/mol. The number of halogens is 3. The van der Waals surface area contributed by atoms with Crippen LogP contribution in [0, 0.1) is 11.6 Å². The topological polar surface area (TPSA) is 66.8 Å². The number of aryl methyl sites for hydroxylation is 1. The molecule has 0 aliphatic carbocycles. The third kappa shape index (κ3) is 6.81. The number of carbonyl (C=O) groups excluding carboxylic acids is 1. The summed E-state index contributed by atoms with van der Waals surface area (Å²) in [6.45, 7) is 0.529. The van der Waals surface area contributed by atoms with Gasteiger partial charge in [-0.3, -0.25) is 4.79 Å². The molecule has 0 saturated heterocycles. The molecule has 0 aliphatic rings. The third-order valence-corrected chi connectivity index (χ3v) is 6.69. The molecular formula is C31H26ClF2NO4. The van der Waals surface area contributed by atoms with Crippen LogP contribution in [0.15, 0.2) is 84.9 Å². The van der Waals surface area contributed by atoms with E-state index in [1.165, 1.54) is 0 Å². The molecule has 0 saturated carbocycles. The predicted octanol–water partition coefficient (Wildman–Crippen LogP) is 7.27. The highest BCUT2D eigenvalue weighted by Crippen LogP contribution is 2.26. The Morgan fingerprint density at radius 3 is 2.18 bits per heavy atom. The molecule has 0 fully saturated rings. The number of carboxylic acids is 1. The number of carbonyl (C=O) groups is 2. The van der Waals surface area contributed by atoms with Gasteiger partial charge in [-0.05, 0) is 65.4 Å². The molecule has 4 aromatic carbocycles. The van der Waals surface area contributed by atoms with Crippen LogP contribution in [0.2, 0.25) is 5.02 Å². The SMILES string of the molecule is COc1ccc(CCCN(Cc2ccc(-c3ccccc3C(=O)O)cc2)C(=O)c2cc(F)c(F)cc2Cl)cc1. The number of hydrogen-bond acceptors (Lipinski definition) is 3. The highest BCUT2D eigenvalue weighted by Gasteiger charge is 2.21. The van der Waals surface area contributed by atoms with Crippen molar-refractivity contribution < 1.29 is 28.2 Å². The number of hydrogen-bond donors (Lipinski definition) is 1. The lowest BCUT2D eigenvalue weighted by molar-refractivity contribution is 0.0696. The lowest BCUT2D eigenvalue weighted by Gasteiger charge is -2.24. The van der Waals surface area contributed by atoms with Gasteiger partial charge in [0.05, 0.1) is 23.3 Å². The first-order valence-corrected chi connectivity index (χ1v) is 12.6. The normalized spacial score (nSPS) is 10.8. The fourth-order valence-corrected chi connectivity index (χ4v) is 4.54. The van der Waals surface area contributed by atoms with Crippen LogP contribution in [0.4, 0.5) is 8.78 Å². The van der Waals surface area contributed by atoms with Crippen molar-refractivity contribution in [2.75, 3.05) is 13.7 Å². The molecule has 1 amide bonds. The molecule has 0 radical (unpaired) electrons. The molecular weight excluding hydrogens is 524 g/mol. The van der Waals surface area contributed by atoms with Gasteiger partial charge in [-0.2, -0.15) is 0 Å². The molecule has 4 aromatic rings. The van der Waals surface area contributed by atoms with E-state index in [2.05, 4.69) is 0 Å². The molecule has 0 aromatic heterocycles. The maximum atomic E-state index is 14.0. The second-order valence-electron chi connectivity index (χ2n) is 8.97. The summed E-state index contributed by atoms with van der Waals surface area (Å²) in [5.74, 6) is -3.07. The lowest BCUT2D eigenvalue weighted by Crippen LogP contribution is -2.32. The van der Waals surface area contributed by atoms with E-state index < -0.39 is 23.5 Å². The number of methoxy groups -OCH3 is 1. The van der Waals surface area contributed by atoms with Crippen LogP contribution in [0.25, 0.3) is 11.1 Å². The minimum Gasteiger partial charge on any atom is -0.497 e. The van der Waals surface area contributed by atoms with Gasteiger partial charge in [0, 0.05) is 13.1 Å². The molecule has 5 nitrogen and oxygen atoms in total. The van der Waals surface area contributed by atoms with Crippen LogP contribution in [0.1, 0.15) is 38.3 Å². The summed E-state index contributed by atoms with van der Waals surface area (Å²) < 4.78 is 32.8. The lowest BCUT2D eigenvalue weighted by atomic mass is 9.98. The zero-order valence-corrected chi connectivity index (χ0v) is 21.9. The highest BCUT2D eigenvalue weighted by atomic mass is 35.5. The van der Waals surface area contributed by atoms with E-state index in [1.54, 1.807) is 48.4 Å². The Labute approximate surface area is 230 Å². The molecule has 0 unspecified atom stereocenters. The summed E-state index contributed by atoms with van der Waals surface area (Å²) >= 11 is 6.12. The summed E-state index contributed by atoms with van der Waals surface area (Å²) in [4.78, 5) is 26.6. The summed E-state index contributed by atoms with van der Waals surface area (Å²) in [5, 5.41) is 9.34. The van der Waals surface area contributed by atoms with Crippen molar-refractivity contribution in [3.63, 3.8) is 0 Å². The van der Waals surface area contributed by atoms with Gasteiger partial charge in [0.1, 0.15) is 5.75 Å². The van der Waals surface area contributed by atoms with E-state index in [-0.39, 0.29) is 22.7 Å². The molecule has 0 spiro atoms. The Hall–Kier alpha value is -4.23. The fourth-order valence-electron chi connectivity index (χ4n) is 4.31. The van der Waals surface area contributed by atoms with Crippen LogP contribution in [0.3, 0.4) is 0 Å².